The van der Waals surface area contributed by atoms with E-state index in [9.17, 15) is 9.59 Å². The minimum absolute atomic E-state index is 0.0472. The summed E-state index contributed by atoms with van der Waals surface area (Å²) < 4.78 is 5.23. The summed E-state index contributed by atoms with van der Waals surface area (Å²) in [6.07, 6.45) is 7.41. The molecule has 1 saturated heterocycles. The van der Waals surface area contributed by atoms with Crippen molar-refractivity contribution < 1.29 is 14.3 Å². The molecule has 0 aromatic carbocycles. The van der Waals surface area contributed by atoms with Gasteiger partial charge in [0.2, 0.25) is 5.91 Å². The third kappa shape index (κ3) is 5.36. The van der Waals surface area contributed by atoms with Gasteiger partial charge in [0.05, 0.1) is 6.54 Å². The van der Waals surface area contributed by atoms with Gasteiger partial charge in [-0.1, -0.05) is 19.3 Å². The fraction of sp³-hybridized carbons (Fsp3) is 0.857. The molecule has 1 aliphatic carbocycles. The van der Waals surface area contributed by atoms with E-state index in [1.807, 2.05) is 0 Å². The Labute approximate surface area is 120 Å². The Morgan fingerprint density at radius 1 is 0.900 bits per heavy atom. The lowest BCUT2D eigenvalue weighted by Crippen LogP contribution is -2.48. The first kappa shape index (κ1) is 15.1. The van der Waals surface area contributed by atoms with Gasteiger partial charge in [0.1, 0.15) is 0 Å². The molecule has 6 nitrogen and oxygen atoms in total. The number of amides is 3. The monoisotopic (exact) mass is 283 g/mol. The van der Waals surface area contributed by atoms with Gasteiger partial charge in [-0.25, -0.2) is 4.79 Å². The molecule has 0 spiro atoms. The Kier molecular flexibility index (Phi) is 6.11. The SMILES string of the molecule is O=C(CNC(=O)NC1CCOCC1)NC1CCCCC1. The minimum atomic E-state index is -0.268. The van der Waals surface area contributed by atoms with Crippen LogP contribution in [0.3, 0.4) is 0 Å². The third-order valence-corrected chi connectivity index (χ3v) is 3.94. The highest BCUT2D eigenvalue weighted by molar-refractivity contribution is 5.84. The molecular weight excluding hydrogens is 258 g/mol. The van der Waals surface area contributed by atoms with Crippen molar-refractivity contribution in [2.45, 2.75) is 57.0 Å². The van der Waals surface area contributed by atoms with Crippen LogP contribution in [0.5, 0.6) is 0 Å². The molecule has 114 valence electrons. The van der Waals surface area contributed by atoms with Gasteiger partial charge in [-0.05, 0) is 25.7 Å². The average molecular weight is 283 g/mol. The molecule has 1 saturated carbocycles. The molecule has 3 amide bonds. The Morgan fingerprint density at radius 2 is 1.55 bits per heavy atom. The molecular formula is C14H25N3O3. The van der Waals surface area contributed by atoms with Crippen LogP contribution in [0, 0.1) is 0 Å². The quantitative estimate of drug-likeness (QED) is 0.717. The maximum absolute atomic E-state index is 11.7. The van der Waals surface area contributed by atoms with E-state index in [0.717, 1.165) is 25.7 Å². The lowest BCUT2D eigenvalue weighted by molar-refractivity contribution is -0.121. The average Bonchev–Trinajstić information content (AvgIpc) is 2.47. The topological polar surface area (TPSA) is 79.5 Å². The van der Waals surface area contributed by atoms with E-state index in [4.69, 9.17) is 4.74 Å². The molecule has 0 aromatic rings. The van der Waals surface area contributed by atoms with Crippen LogP contribution in [0.15, 0.2) is 0 Å². The van der Waals surface area contributed by atoms with E-state index < -0.39 is 0 Å². The largest absolute Gasteiger partial charge is 0.381 e. The van der Waals surface area contributed by atoms with E-state index in [0.29, 0.717) is 13.2 Å². The van der Waals surface area contributed by atoms with E-state index >= 15 is 0 Å². The second-order valence-corrected chi connectivity index (χ2v) is 5.62. The summed E-state index contributed by atoms with van der Waals surface area (Å²) in [5, 5.41) is 8.46. The van der Waals surface area contributed by atoms with Crippen molar-refractivity contribution in [3.05, 3.63) is 0 Å². The van der Waals surface area contributed by atoms with Crippen molar-refractivity contribution in [2.24, 2.45) is 0 Å². The summed E-state index contributed by atoms with van der Waals surface area (Å²) in [5.74, 6) is -0.0981. The maximum atomic E-state index is 11.7. The van der Waals surface area contributed by atoms with Gasteiger partial charge in [-0.3, -0.25) is 4.79 Å². The number of carbonyl (C=O) groups is 2. The van der Waals surface area contributed by atoms with Crippen molar-refractivity contribution in [2.75, 3.05) is 19.8 Å². The molecule has 2 fully saturated rings. The first-order valence-electron chi connectivity index (χ1n) is 7.65. The van der Waals surface area contributed by atoms with Crippen LogP contribution < -0.4 is 16.0 Å². The molecule has 0 radical (unpaired) electrons. The molecule has 0 bridgehead atoms. The third-order valence-electron chi connectivity index (χ3n) is 3.94. The molecule has 1 heterocycles. The van der Waals surface area contributed by atoms with Crippen molar-refractivity contribution in [1.82, 2.24) is 16.0 Å². The van der Waals surface area contributed by atoms with Crippen LogP contribution in [0.25, 0.3) is 0 Å². The predicted octanol–water partition coefficient (Wildman–Crippen LogP) is 0.913. The Morgan fingerprint density at radius 3 is 2.25 bits per heavy atom. The van der Waals surface area contributed by atoms with Crippen molar-refractivity contribution >= 4 is 11.9 Å². The van der Waals surface area contributed by atoms with E-state index in [-0.39, 0.29) is 30.6 Å². The zero-order chi connectivity index (χ0) is 14.2. The van der Waals surface area contributed by atoms with Crippen LogP contribution >= 0.6 is 0 Å². The molecule has 0 aromatic heterocycles. The Bertz CT molecular complexity index is 292. The number of urea groups is 1. The number of ether oxygens (including phenoxy) is 1. The van der Waals surface area contributed by atoms with Crippen molar-refractivity contribution in [3.63, 3.8) is 0 Å². The highest BCUT2D eigenvalue weighted by Crippen LogP contribution is 2.17. The van der Waals surface area contributed by atoms with Crippen LogP contribution in [0.2, 0.25) is 0 Å². The zero-order valence-corrected chi connectivity index (χ0v) is 12.0. The number of carbonyl (C=O) groups excluding carboxylic acids is 2. The molecule has 20 heavy (non-hydrogen) atoms. The molecule has 6 heteroatoms. The Balaban J connectivity index is 1.58. The fourth-order valence-corrected chi connectivity index (χ4v) is 2.76. The summed E-state index contributed by atoms with van der Waals surface area (Å²) in [7, 11) is 0. The molecule has 0 atom stereocenters. The van der Waals surface area contributed by atoms with Crippen LogP contribution in [0.4, 0.5) is 4.79 Å². The summed E-state index contributed by atoms with van der Waals surface area (Å²) in [6.45, 7) is 1.42. The first-order chi connectivity index (χ1) is 9.74. The molecule has 1 aliphatic heterocycles. The van der Waals surface area contributed by atoms with Crippen LogP contribution in [-0.4, -0.2) is 43.8 Å². The number of hydrogen-bond acceptors (Lipinski definition) is 3. The maximum Gasteiger partial charge on any atom is 0.315 e. The number of nitrogens with one attached hydrogen (secondary N) is 3. The van der Waals surface area contributed by atoms with Gasteiger partial charge >= 0.3 is 6.03 Å². The number of hydrogen-bond donors (Lipinski definition) is 3. The van der Waals surface area contributed by atoms with Crippen molar-refractivity contribution in [1.29, 1.82) is 0 Å². The summed E-state index contributed by atoms with van der Waals surface area (Å²) in [5.41, 5.74) is 0. The van der Waals surface area contributed by atoms with Gasteiger partial charge in [-0.2, -0.15) is 0 Å². The summed E-state index contributed by atoms with van der Waals surface area (Å²) >= 11 is 0. The standard InChI is InChI=1S/C14H25N3O3/c18-13(16-11-4-2-1-3-5-11)10-15-14(19)17-12-6-8-20-9-7-12/h11-12H,1-10H2,(H,16,18)(H2,15,17,19). The second-order valence-electron chi connectivity index (χ2n) is 5.62. The van der Waals surface area contributed by atoms with E-state index in [2.05, 4.69) is 16.0 Å². The smallest absolute Gasteiger partial charge is 0.315 e. The van der Waals surface area contributed by atoms with E-state index in [1.54, 1.807) is 0 Å². The second kappa shape index (κ2) is 8.09. The predicted molar refractivity (Wildman–Crippen MR) is 75.4 cm³/mol. The summed E-state index contributed by atoms with van der Waals surface area (Å²) in [6, 6.07) is 0.178. The highest BCUT2D eigenvalue weighted by Gasteiger charge is 2.18. The van der Waals surface area contributed by atoms with Gasteiger partial charge in [0.25, 0.3) is 0 Å². The van der Waals surface area contributed by atoms with Crippen LogP contribution in [-0.2, 0) is 9.53 Å². The lowest BCUT2D eigenvalue weighted by Gasteiger charge is -2.24. The number of rotatable bonds is 4. The van der Waals surface area contributed by atoms with Crippen molar-refractivity contribution in [3.8, 4) is 0 Å². The minimum Gasteiger partial charge on any atom is -0.381 e. The molecule has 2 rings (SSSR count). The molecule has 0 unspecified atom stereocenters. The van der Waals surface area contributed by atoms with Gasteiger partial charge in [-0.15, -0.1) is 0 Å². The van der Waals surface area contributed by atoms with Gasteiger partial charge < -0.3 is 20.7 Å². The Hall–Kier alpha value is -1.30. The van der Waals surface area contributed by atoms with E-state index in [1.165, 1.54) is 19.3 Å². The van der Waals surface area contributed by atoms with Gasteiger partial charge in [0.15, 0.2) is 0 Å². The first-order valence-corrected chi connectivity index (χ1v) is 7.65. The normalized spacial score (nSPS) is 21.2. The summed E-state index contributed by atoms with van der Waals surface area (Å²) in [4.78, 5) is 23.4. The zero-order valence-electron chi connectivity index (χ0n) is 12.0. The van der Waals surface area contributed by atoms with Crippen LogP contribution in [0.1, 0.15) is 44.9 Å². The van der Waals surface area contributed by atoms with Gasteiger partial charge in [0, 0.05) is 25.3 Å². The molecule has 3 N–H and O–H groups in total. The molecule has 2 aliphatic rings. The lowest BCUT2D eigenvalue weighted by atomic mass is 9.95. The fourth-order valence-electron chi connectivity index (χ4n) is 2.76. The highest BCUT2D eigenvalue weighted by atomic mass is 16.5.